The highest BCUT2D eigenvalue weighted by atomic mass is 14.3. The van der Waals surface area contributed by atoms with Gasteiger partial charge < -0.3 is 0 Å². The van der Waals surface area contributed by atoms with Crippen molar-refractivity contribution in [1.82, 2.24) is 0 Å². The third-order valence-corrected chi connectivity index (χ3v) is 8.80. The number of fused-ring (bicyclic) bond motifs is 8. The average Bonchev–Trinajstić information content (AvgIpc) is 3.36. The van der Waals surface area contributed by atoms with Gasteiger partial charge in [0.2, 0.25) is 0 Å². The van der Waals surface area contributed by atoms with E-state index in [0.29, 0.717) is 0 Å². The van der Waals surface area contributed by atoms with Crippen LogP contribution >= 0.6 is 0 Å². The van der Waals surface area contributed by atoms with Gasteiger partial charge in [0, 0.05) is 0 Å². The second kappa shape index (κ2) is 8.15. The highest BCUT2D eigenvalue weighted by Gasteiger charge is 2.24. The summed E-state index contributed by atoms with van der Waals surface area (Å²) >= 11 is 0. The first-order valence-electron chi connectivity index (χ1n) is 13.9. The van der Waals surface area contributed by atoms with Gasteiger partial charge in [-0.05, 0) is 93.7 Å². The molecule has 8 aromatic carbocycles. The van der Waals surface area contributed by atoms with Crippen molar-refractivity contribution in [2.24, 2.45) is 0 Å². The van der Waals surface area contributed by atoms with Crippen molar-refractivity contribution in [3.63, 3.8) is 0 Å². The highest BCUT2D eigenvalue weighted by molar-refractivity contribution is 6.23. The number of benzene rings is 8. The minimum absolute atomic E-state index is 1.24. The van der Waals surface area contributed by atoms with E-state index in [4.69, 9.17) is 0 Å². The molecule has 0 saturated carbocycles. The SMILES string of the molecule is c1ccc2c3c(ccc2c1)-c1ccc(-c2ccc(-c4ccc5c(ccc6ccccc65)c4)cc2)c2cccc-3c12. The molecule has 0 spiro atoms. The molecule has 0 aromatic heterocycles. The Hall–Kier alpha value is -5.20. The fourth-order valence-electron chi connectivity index (χ4n) is 6.91. The van der Waals surface area contributed by atoms with E-state index < -0.39 is 0 Å². The molecule has 9 rings (SSSR count). The van der Waals surface area contributed by atoms with Crippen molar-refractivity contribution in [3.05, 3.63) is 146 Å². The maximum Gasteiger partial charge on any atom is -0.00199 e. The van der Waals surface area contributed by atoms with Crippen molar-refractivity contribution in [1.29, 1.82) is 0 Å². The number of hydrogen-bond donors (Lipinski definition) is 0. The summed E-state index contributed by atoms with van der Waals surface area (Å²) in [6, 6.07) is 53.7. The minimum Gasteiger partial charge on any atom is -0.0616 e. The first kappa shape index (κ1) is 21.7. The first-order valence-corrected chi connectivity index (χ1v) is 13.9. The third kappa shape index (κ3) is 3.02. The minimum atomic E-state index is 1.24. The smallest absolute Gasteiger partial charge is 0.00199 e. The Morgan fingerprint density at radius 1 is 0.275 bits per heavy atom. The molecular formula is C40H24. The van der Waals surface area contributed by atoms with E-state index in [1.165, 1.54) is 87.6 Å². The van der Waals surface area contributed by atoms with E-state index in [9.17, 15) is 0 Å². The second-order valence-corrected chi connectivity index (χ2v) is 10.9. The van der Waals surface area contributed by atoms with E-state index in [-0.39, 0.29) is 0 Å². The van der Waals surface area contributed by atoms with E-state index in [0.717, 1.165) is 0 Å². The number of rotatable bonds is 2. The molecule has 1 aliphatic carbocycles. The lowest BCUT2D eigenvalue weighted by Gasteiger charge is -2.11. The first-order chi connectivity index (χ1) is 19.8. The summed E-state index contributed by atoms with van der Waals surface area (Å²) in [7, 11) is 0. The molecule has 1 aliphatic rings. The van der Waals surface area contributed by atoms with Crippen LogP contribution in [-0.4, -0.2) is 0 Å². The molecule has 40 heavy (non-hydrogen) atoms. The largest absolute Gasteiger partial charge is 0.0616 e. The lowest BCUT2D eigenvalue weighted by molar-refractivity contribution is 1.62. The topological polar surface area (TPSA) is 0 Å². The van der Waals surface area contributed by atoms with Crippen LogP contribution in [0.15, 0.2) is 146 Å². The predicted molar refractivity (Wildman–Crippen MR) is 172 cm³/mol. The molecule has 184 valence electrons. The average molecular weight is 505 g/mol. The zero-order valence-corrected chi connectivity index (χ0v) is 21.9. The van der Waals surface area contributed by atoms with Gasteiger partial charge in [-0.15, -0.1) is 0 Å². The molecule has 0 saturated heterocycles. The van der Waals surface area contributed by atoms with Crippen LogP contribution in [0.5, 0.6) is 0 Å². The molecule has 0 nitrogen and oxygen atoms in total. The lowest BCUT2D eigenvalue weighted by Crippen LogP contribution is -1.85. The van der Waals surface area contributed by atoms with Crippen LogP contribution in [0.3, 0.4) is 0 Å². The van der Waals surface area contributed by atoms with Gasteiger partial charge in [-0.3, -0.25) is 0 Å². The van der Waals surface area contributed by atoms with E-state index >= 15 is 0 Å². The predicted octanol–water partition coefficient (Wildman–Crippen LogP) is 11.3. The molecule has 0 aliphatic heterocycles. The molecular weight excluding hydrogens is 480 g/mol. The van der Waals surface area contributed by atoms with E-state index in [1.54, 1.807) is 0 Å². The van der Waals surface area contributed by atoms with Crippen LogP contribution < -0.4 is 0 Å². The maximum atomic E-state index is 2.32. The Balaban J connectivity index is 1.15. The van der Waals surface area contributed by atoms with Crippen LogP contribution in [0.4, 0.5) is 0 Å². The Kier molecular flexibility index (Phi) is 4.42. The molecule has 0 unspecified atom stereocenters. The molecule has 8 aromatic rings. The van der Waals surface area contributed by atoms with Gasteiger partial charge in [-0.25, -0.2) is 0 Å². The third-order valence-electron chi connectivity index (χ3n) is 8.80. The van der Waals surface area contributed by atoms with Gasteiger partial charge >= 0.3 is 0 Å². The molecule has 0 atom stereocenters. The Morgan fingerprint density at radius 2 is 0.875 bits per heavy atom. The Morgan fingerprint density at radius 3 is 1.75 bits per heavy atom. The van der Waals surface area contributed by atoms with Crippen LogP contribution in [0.1, 0.15) is 0 Å². The van der Waals surface area contributed by atoms with Crippen molar-refractivity contribution in [2.75, 3.05) is 0 Å². The van der Waals surface area contributed by atoms with Crippen molar-refractivity contribution in [3.8, 4) is 44.5 Å². The fraction of sp³-hybridized carbons (Fsp3) is 0. The summed E-state index contributed by atoms with van der Waals surface area (Å²) in [5.41, 5.74) is 10.4. The van der Waals surface area contributed by atoms with Gasteiger partial charge in [0.25, 0.3) is 0 Å². The zero-order chi connectivity index (χ0) is 26.2. The van der Waals surface area contributed by atoms with Gasteiger partial charge in [-0.2, -0.15) is 0 Å². The molecule has 0 bridgehead atoms. The van der Waals surface area contributed by atoms with Gasteiger partial charge in [-0.1, -0.05) is 140 Å². The summed E-state index contributed by atoms with van der Waals surface area (Å²) < 4.78 is 0. The van der Waals surface area contributed by atoms with Crippen molar-refractivity contribution >= 4 is 43.1 Å². The highest BCUT2D eigenvalue weighted by Crippen LogP contribution is 2.51. The lowest BCUT2D eigenvalue weighted by atomic mass is 9.93. The fourth-order valence-corrected chi connectivity index (χ4v) is 6.91. The summed E-state index contributed by atoms with van der Waals surface area (Å²) in [5.74, 6) is 0. The summed E-state index contributed by atoms with van der Waals surface area (Å²) in [6.45, 7) is 0. The van der Waals surface area contributed by atoms with Gasteiger partial charge in [0.15, 0.2) is 0 Å². The van der Waals surface area contributed by atoms with Crippen LogP contribution in [0.2, 0.25) is 0 Å². The standard InChI is InChI=1S/C40H24/c1-3-8-31-26(6-1)16-17-30-24-29(19-20-33(30)31)25-12-14-28(15-13-25)32-22-23-37-36-21-18-27-7-2-4-9-34(27)39(36)38-11-5-10-35(32)40(37)38/h1-24H. The number of hydrogen-bond acceptors (Lipinski definition) is 0. The Labute approximate surface area is 232 Å². The van der Waals surface area contributed by atoms with Crippen LogP contribution in [-0.2, 0) is 0 Å². The molecule has 0 N–H and O–H groups in total. The molecule has 0 fully saturated rings. The van der Waals surface area contributed by atoms with Crippen molar-refractivity contribution in [2.45, 2.75) is 0 Å². The van der Waals surface area contributed by atoms with E-state index in [1.807, 2.05) is 0 Å². The molecule has 0 heteroatoms. The maximum absolute atomic E-state index is 2.32. The summed E-state index contributed by atoms with van der Waals surface area (Å²) in [4.78, 5) is 0. The van der Waals surface area contributed by atoms with Crippen LogP contribution in [0, 0.1) is 0 Å². The molecule has 0 radical (unpaired) electrons. The summed E-state index contributed by atoms with van der Waals surface area (Å²) in [6.07, 6.45) is 0. The summed E-state index contributed by atoms with van der Waals surface area (Å²) in [5, 5.41) is 10.5. The zero-order valence-electron chi connectivity index (χ0n) is 21.9. The van der Waals surface area contributed by atoms with Gasteiger partial charge in [0.1, 0.15) is 0 Å². The Bertz CT molecular complexity index is 2300. The van der Waals surface area contributed by atoms with Gasteiger partial charge in [0.05, 0.1) is 0 Å². The second-order valence-electron chi connectivity index (χ2n) is 10.9. The quantitative estimate of drug-likeness (QED) is 0.205. The molecule has 0 amide bonds. The van der Waals surface area contributed by atoms with E-state index in [2.05, 4.69) is 146 Å². The van der Waals surface area contributed by atoms with Crippen LogP contribution in [0.25, 0.3) is 87.6 Å². The molecule has 0 heterocycles. The normalized spacial score (nSPS) is 12.0. The monoisotopic (exact) mass is 504 g/mol. The van der Waals surface area contributed by atoms with Crippen molar-refractivity contribution < 1.29 is 0 Å².